The Morgan fingerprint density at radius 2 is 2.07 bits per heavy atom. The molecule has 1 fully saturated rings. The minimum atomic E-state index is -0.118. The summed E-state index contributed by atoms with van der Waals surface area (Å²) in [6.07, 6.45) is 0.709. The summed E-state index contributed by atoms with van der Waals surface area (Å²) in [5.41, 5.74) is 3.35. The highest BCUT2D eigenvalue weighted by Gasteiger charge is 2.31. The molecule has 2 aromatic carbocycles. The van der Waals surface area contributed by atoms with Gasteiger partial charge in [0.2, 0.25) is 5.91 Å². The van der Waals surface area contributed by atoms with Crippen molar-refractivity contribution >= 4 is 22.8 Å². The Bertz CT molecular complexity index is 962. The fourth-order valence-corrected chi connectivity index (χ4v) is 3.55. The monoisotopic (exact) mass is 362 g/mol. The highest BCUT2D eigenvalue weighted by atomic mass is 16.2. The summed E-state index contributed by atoms with van der Waals surface area (Å²) in [6.45, 7) is 3.59. The first-order valence-corrected chi connectivity index (χ1v) is 9.28. The first-order chi connectivity index (χ1) is 13.2. The van der Waals surface area contributed by atoms with Crippen molar-refractivity contribution < 1.29 is 9.59 Å². The topological polar surface area (TPSA) is 78.1 Å². The Hall–Kier alpha value is -3.15. The van der Waals surface area contributed by atoms with Crippen LogP contribution in [0.3, 0.4) is 0 Å². The number of fused-ring (bicyclic) bond motifs is 1. The van der Waals surface area contributed by atoms with Crippen LogP contribution in [0.25, 0.3) is 22.4 Å². The number of nitrogens with one attached hydrogen (secondary N) is 2. The van der Waals surface area contributed by atoms with Crippen LogP contribution in [0, 0.1) is 5.92 Å². The normalized spacial score (nSPS) is 16.6. The highest BCUT2D eigenvalue weighted by Crippen LogP contribution is 2.24. The van der Waals surface area contributed by atoms with E-state index in [2.05, 4.69) is 15.3 Å². The number of hydrogen-bond acceptors (Lipinski definition) is 3. The number of carbonyl (C=O) groups excluding carboxylic acids is 2. The van der Waals surface area contributed by atoms with Gasteiger partial charge in [0, 0.05) is 30.8 Å². The molecule has 6 nitrogen and oxygen atoms in total. The van der Waals surface area contributed by atoms with Crippen molar-refractivity contribution in [2.45, 2.75) is 13.3 Å². The van der Waals surface area contributed by atoms with E-state index < -0.39 is 0 Å². The number of amides is 2. The van der Waals surface area contributed by atoms with Crippen molar-refractivity contribution in [1.29, 1.82) is 0 Å². The molecule has 0 unspecified atom stereocenters. The molecule has 1 saturated heterocycles. The molecule has 1 atom stereocenters. The maximum absolute atomic E-state index is 12.9. The van der Waals surface area contributed by atoms with Crippen LogP contribution >= 0.6 is 0 Å². The van der Waals surface area contributed by atoms with E-state index in [1.165, 1.54) is 0 Å². The molecule has 0 spiro atoms. The SMILES string of the molecule is CCNC(=O)[C@@H]1CCN(C(=O)c2cccc(-c3nc4ccccc4[nH]3)c2)C1. The summed E-state index contributed by atoms with van der Waals surface area (Å²) in [4.78, 5) is 34.6. The lowest BCUT2D eigenvalue weighted by Crippen LogP contribution is -2.34. The molecule has 0 bridgehead atoms. The molecular formula is C21H22N4O2. The number of likely N-dealkylation sites (tertiary alicyclic amines) is 1. The number of hydrogen-bond donors (Lipinski definition) is 2. The second kappa shape index (κ2) is 7.23. The lowest BCUT2D eigenvalue weighted by atomic mass is 10.1. The second-order valence-corrected chi connectivity index (χ2v) is 6.81. The van der Waals surface area contributed by atoms with Crippen LogP contribution in [0.5, 0.6) is 0 Å². The zero-order valence-electron chi connectivity index (χ0n) is 15.2. The van der Waals surface area contributed by atoms with Crippen molar-refractivity contribution in [1.82, 2.24) is 20.2 Å². The number of carbonyl (C=O) groups is 2. The first kappa shape index (κ1) is 17.3. The lowest BCUT2D eigenvalue weighted by molar-refractivity contribution is -0.124. The maximum Gasteiger partial charge on any atom is 0.253 e. The van der Waals surface area contributed by atoms with Crippen molar-refractivity contribution in [2.24, 2.45) is 5.92 Å². The average molecular weight is 362 g/mol. The molecule has 2 amide bonds. The van der Waals surface area contributed by atoms with E-state index in [0.717, 1.165) is 22.4 Å². The van der Waals surface area contributed by atoms with Gasteiger partial charge in [0.1, 0.15) is 5.82 Å². The van der Waals surface area contributed by atoms with E-state index >= 15 is 0 Å². The van der Waals surface area contributed by atoms with Crippen LogP contribution in [-0.2, 0) is 4.79 Å². The number of imidazole rings is 1. The Balaban J connectivity index is 1.54. The van der Waals surface area contributed by atoms with Gasteiger partial charge in [0.15, 0.2) is 0 Å². The third kappa shape index (κ3) is 3.43. The zero-order valence-corrected chi connectivity index (χ0v) is 15.2. The average Bonchev–Trinajstić information content (AvgIpc) is 3.35. The Morgan fingerprint density at radius 1 is 1.22 bits per heavy atom. The minimum absolute atomic E-state index is 0.0313. The molecular weight excluding hydrogens is 340 g/mol. The number of benzene rings is 2. The van der Waals surface area contributed by atoms with E-state index in [9.17, 15) is 9.59 Å². The summed E-state index contributed by atoms with van der Waals surface area (Å²) in [6, 6.07) is 15.3. The van der Waals surface area contributed by atoms with Crippen LogP contribution < -0.4 is 5.32 Å². The van der Waals surface area contributed by atoms with Gasteiger partial charge in [-0.25, -0.2) is 4.98 Å². The molecule has 2 N–H and O–H groups in total. The molecule has 3 aromatic rings. The van der Waals surface area contributed by atoms with E-state index in [0.29, 0.717) is 31.6 Å². The third-order valence-corrected chi connectivity index (χ3v) is 4.97. The van der Waals surface area contributed by atoms with Gasteiger partial charge in [-0.3, -0.25) is 9.59 Å². The van der Waals surface area contributed by atoms with Gasteiger partial charge in [0.05, 0.1) is 17.0 Å². The van der Waals surface area contributed by atoms with Crippen LogP contribution in [0.2, 0.25) is 0 Å². The lowest BCUT2D eigenvalue weighted by Gasteiger charge is -2.17. The van der Waals surface area contributed by atoms with E-state index in [4.69, 9.17) is 0 Å². The summed E-state index contributed by atoms with van der Waals surface area (Å²) < 4.78 is 0. The predicted molar refractivity (Wildman–Crippen MR) is 104 cm³/mol. The summed E-state index contributed by atoms with van der Waals surface area (Å²) >= 11 is 0. The van der Waals surface area contributed by atoms with Gasteiger partial charge in [-0.05, 0) is 37.6 Å². The van der Waals surface area contributed by atoms with Crippen LogP contribution in [-0.4, -0.2) is 46.3 Å². The molecule has 6 heteroatoms. The van der Waals surface area contributed by atoms with Gasteiger partial charge in [0.25, 0.3) is 5.91 Å². The Kier molecular flexibility index (Phi) is 4.62. The Morgan fingerprint density at radius 3 is 2.89 bits per heavy atom. The molecule has 0 saturated carbocycles. The van der Waals surface area contributed by atoms with Crippen molar-refractivity contribution in [2.75, 3.05) is 19.6 Å². The molecule has 1 aromatic heterocycles. The van der Waals surface area contributed by atoms with E-state index in [-0.39, 0.29) is 17.7 Å². The van der Waals surface area contributed by atoms with Gasteiger partial charge >= 0.3 is 0 Å². The first-order valence-electron chi connectivity index (χ1n) is 9.28. The minimum Gasteiger partial charge on any atom is -0.356 e. The van der Waals surface area contributed by atoms with Gasteiger partial charge in [-0.15, -0.1) is 0 Å². The zero-order chi connectivity index (χ0) is 18.8. The van der Waals surface area contributed by atoms with Crippen molar-refractivity contribution in [3.8, 4) is 11.4 Å². The molecule has 0 aliphatic carbocycles. The molecule has 4 rings (SSSR count). The second-order valence-electron chi connectivity index (χ2n) is 6.81. The summed E-state index contributed by atoms with van der Waals surface area (Å²) in [7, 11) is 0. The van der Waals surface area contributed by atoms with Gasteiger partial charge < -0.3 is 15.2 Å². The van der Waals surface area contributed by atoms with Gasteiger partial charge in [-0.2, -0.15) is 0 Å². The molecule has 2 heterocycles. The van der Waals surface area contributed by atoms with Gasteiger partial charge in [-0.1, -0.05) is 24.3 Å². The predicted octanol–water partition coefficient (Wildman–Crippen LogP) is 2.83. The summed E-state index contributed by atoms with van der Waals surface area (Å²) in [5, 5.41) is 2.84. The molecule has 1 aliphatic rings. The standard InChI is InChI=1S/C21H22N4O2/c1-2-22-20(26)16-10-11-25(13-16)21(27)15-7-5-6-14(12-15)19-23-17-8-3-4-9-18(17)24-19/h3-9,12,16H,2,10-11,13H2,1H3,(H,22,26)(H,23,24)/t16-/m1/s1. The number of H-pyrrole nitrogens is 1. The fourth-order valence-electron chi connectivity index (χ4n) is 3.55. The highest BCUT2D eigenvalue weighted by molar-refractivity contribution is 5.96. The molecule has 0 radical (unpaired) electrons. The molecule has 138 valence electrons. The van der Waals surface area contributed by atoms with Crippen molar-refractivity contribution in [3.05, 3.63) is 54.1 Å². The Labute approximate surface area is 157 Å². The molecule has 27 heavy (non-hydrogen) atoms. The number of aromatic amines is 1. The summed E-state index contributed by atoms with van der Waals surface area (Å²) in [5.74, 6) is 0.614. The number of aromatic nitrogens is 2. The number of para-hydroxylation sites is 2. The van der Waals surface area contributed by atoms with Crippen LogP contribution in [0.4, 0.5) is 0 Å². The smallest absolute Gasteiger partial charge is 0.253 e. The van der Waals surface area contributed by atoms with Crippen LogP contribution in [0.1, 0.15) is 23.7 Å². The van der Waals surface area contributed by atoms with E-state index in [1.54, 1.807) is 4.90 Å². The quantitative estimate of drug-likeness (QED) is 0.749. The van der Waals surface area contributed by atoms with E-state index in [1.807, 2.05) is 55.5 Å². The fraction of sp³-hybridized carbons (Fsp3) is 0.286. The van der Waals surface area contributed by atoms with Crippen LogP contribution in [0.15, 0.2) is 48.5 Å². The van der Waals surface area contributed by atoms with Crippen molar-refractivity contribution in [3.63, 3.8) is 0 Å². The molecule has 1 aliphatic heterocycles. The number of rotatable bonds is 4. The number of nitrogens with zero attached hydrogens (tertiary/aromatic N) is 2. The largest absolute Gasteiger partial charge is 0.356 e. The third-order valence-electron chi connectivity index (χ3n) is 4.97. The maximum atomic E-state index is 12.9.